The molecule has 0 radical (unpaired) electrons. The Labute approximate surface area is 133 Å². The molecule has 0 aliphatic heterocycles. The van der Waals surface area contributed by atoms with Gasteiger partial charge in [-0.1, -0.05) is 24.3 Å². The normalized spacial score (nSPS) is 11.4. The van der Waals surface area contributed by atoms with Crippen LogP contribution in [0.25, 0.3) is 10.8 Å². The number of H-pyrrole nitrogens is 1. The molecule has 6 heteroatoms. The van der Waals surface area contributed by atoms with Crippen LogP contribution in [0.2, 0.25) is 0 Å². The van der Waals surface area contributed by atoms with Crippen molar-refractivity contribution >= 4 is 29.2 Å². The summed E-state index contributed by atoms with van der Waals surface area (Å²) in [6, 6.07) is 12.1. The summed E-state index contributed by atoms with van der Waals surface area (Å²) in [6.45, 7) is 4.47. The minimum absolute atomic E-state index is 0.476. The highest BCUT2D eigenvalue weighted by atomic mass is 32.1. The fourth-order valence-electron chi connectivity index (χ4n) is 2.32. The van der Waals surface area contributed by atoms with Crippen molar-refractivity contribution in [1.29, 1.82) is 0 Å². The van der Waals surface area contributed by atoms with Crippen LogP contribution in [0.5, 0.6) is 5.75 Å². The Kier molecular flexibility index (Phi) is 4.02. The van der Waals surface area contributed by atoms with E-state index in [-0.39, 0.29) is 0 Å². The van der Waals surface area contributed by atoms with Gasteiger partial charge in [0.2, 0.25) is 4.77 Å². The highest BCUT2D eigenvalue weighted by Gasteiger charge is 2.05. The molecule has 112 valence electrons. The molecule has 0 spiro atoms. The number of aromatic amines is 1. The molecule has 22 heavy (non-hydrogen) atoms. The SMILES string of the molecule is CCOc1ccc(/C=N\n2c(C)n[nH]c2=S)c2ccccc12. The molecule has 0 atom stereocenters. The van der Waals surface area contributed by atoms with Crippen LogP contribution in [-0.2, 0) is 0 Å². The van der Waals surface area contributed by atoms with E-state index in [0.29, 0.717) is 11.4 Å². The Bertz CT molecular complexity index is 895. The first kappa shape index (κ1) is 14.5. The average molecular weight is 312 g/mol. The lowest BCUT2D eigenvalue weighted by atomic mass is 10.0. The summed E-state index contributed by atoms with van der Waals surface area (Å²) >= 11 is 5.15. The van der Waals surface area contributed by atoms with Crippen LogP contribution in [0.15, 0.2) is 41.5 Å². The summed E-state index contributed by atoms with van der Waals surface area (Å²) in [5.41, 5.74) is 1.00. The van der Waals surface area contributed by atoms with Gasteiger partial charge < -0.3 is 4.74 Å². The first-order valence-corrected chi connectivity index (χ1v) is 7.44. The molecule has 0 saturated heterocycles. The van der Waals surface area contributed by atoms with Crippen LogP contribution in [-0.4, -0.2) is 27.7 Å². The number of nitrogens with zero attached hydrogens (tertiary/aromatic N) is 3. The zero-order valence-electron chi connectivity index (χ0n) is 12.4. The lowest BCUT2D eigenvalue weighted by molar-refractivity contribution is 0.344. The molecule has 2 aromatic carbocycles. The van der Waals surface area contributed by atoms with E-state index in [2.05, 4.69) is 21.4 Å². The first-order valence-electron chi connectivity index (χ1n) is 7.03. The summed E-state index contributed by atoms with van der Waals surface area (Å²) < 4.78 is 7.76. The van der Waals surface area contributed by atoms with Gasteiger partial charge in [0.1, 0.15) is 11.6 Å². The number of nitrogens with one attached hydrogen (secondary N) is 1. The average Bonchev–Trinajstić information content (AvgIpc) is 2.86. The number of aryl methyl sites for hydroxylation is 1. The third-order valence-electron chi connectivity index (χ3n) is 3.34. The molecule has 0 aliphatic rings. The lowest BCUT2D eigenvalue weighted by Crippen LogP contribution is -1.96. The second-order valence-corrected chi connectivity index (χ2v) is 5.15. The van der Waals surface area contributed by atoms with Gasteiger partial charge in [-0.25, -0.2) is 0 Å². The molecule has 5 nitrogen and oxygen atoms in total. The van der Waals surface area contributed by atoms with E-state index in [0.717, 1.165) is 27.9 Å². The van der Waals surface area contributed by atoms with Gasteiger partial charge in [0.05, 0.1) is 12.8 Å². The molecule has 0 bridgehead atoms. The zero-order valence-corrected chi connectivity index (χ0v) is 13.2. The summed E-state index contributed by atoms with van der Waals surface area (Å²) in [5.74, 6) is 1.60. The minimum Gasteiger partial charge on any atom is -0.493 e. The van der Waals surface area contributed by atoms with Crippen LogP contribution >= 0.6 is 12.2 Å². The maximum absolute atomic E-state index is 5.68. The van der Waals surface area contributed by atoms with Crippen LogP contribution in [0.4, 0.5) is 0 Å². The number of ether oxygens (including phenoxy) is 1. The van der Waals surface area contributed by atoms with Gasteiger partial charge in [0, 0.05) is 10.9 Å². The number of benzene rings is 2. The van der Waals surface area contributed by atoms with Crippen molar-refractivity contribution in [1.82, 2.24) is 14.9 Å². The third kappa shape index (κ3) is 2.65. The molecule has 0 amide bonds. The van der Waals surface area contributed by atoms with Gasteiger partial charge in [-0.3, -0.25) is 5.10 Å². The number of fused-ring (bicyclic) bond motifs is 1. The van der Waals surface area contributed by atoms with Crippen LogP contribution in [0.3, 0.4) is 0 Å². The Morgan fingerprint density at radius 1 is 1.27 bits per heavy atom. The van der Waals surface area contributed by atoms with E-state index in [1.807, 2.05) is 44.2 Å². The second kappa shape index (κ2) is 6.11. The summed E-state index contributed by atoms with van der Waals surface area (Å²) in [5, 5.41) is 13.3. The van der Waals surface area contributed by atoms with E-state index in [9.17, 15) is 0 Å². The smallest absolute Gasteiger partial charge is 0.216 e. The number of rotatable bonds is 4. The molecule has 3 rings (SSSR count). The monoisotopic (exact) mass is 312 g/mol. The van der Waals surface area contributed by atoms with Crippen molar-refractivity contribution < 1.29 is 4.74 Å². The summed E-state index contributed by atoms with van der Waals surface area (Å²) in [4.78, 5) is 0. The van der Waals surface area contributed by atoms with Crippen LogP contribution in [0.1, 0.15) is 18.3 Å². The number of aromatic nitrogens is 3. The van der Waals surface area contributed by atoms with E-state index >= 15 is 0 Å². The quantitative estimate of drug-likeness (QED) is 0.590. The van der Waals surface area contributed by atoms with Crippen molar-refractivity contribution in [2.75, 3.05) is 6.61 Å². The largest absolute Gasteiger partial charge is 0.493 e. The van der Waals surface area contributed by atoms with E-state index in [1.54, 1.807) is 10.9 Å². The molecular formula is C16H16N4OS. The molecule has 0 fully saturated rings. The third-order valence-corrected chi connectivity index (χ3v) is 3.61. The van der Waals surface area contributed by atoms with E-state index in [1.165, 1.54) is 0 Å². The summed E-state index contributed by atoms with van der Waals surface area (Å²) in [6.07, 6.45) is 1.79. The Morgan fingerprint density at radius 2 is 2.05 bits per heavy atom. The van der Waals surface area contributed by atoms with Crippen LogP contribution < -0.4 is 4.74 Å². The van der Waals surface area contributed by atoms with E-state index < -0.39 is 0 Å². The van der Waals surface area contributed by atoms with Gasteiger partial charge in [-0.05, 0) is 43.6 Å². The highest BCUT2D eigenvalue weighted by Crippen LogP contribution is 2.27. The predicted octanol–water partition coefficient (Wildman–Crippen LogP) is 3.68. The first-order chi connectivity index (χ1) is 10.7. The van der Waals surface area contributed by atoms with Gasteiger partial charge in [-0.2, -0.15) is 14.9 Å². The molecule has 0 unspecified atom stereocenters. The zero-order chi connectivity index (χ0) is 15.5. The van der Waals surface area contributed by atoms with Crippen molar-refractivity contribution in [3.8, 4) is 5.75 Å². The topological polar surface area (TPSA) is 55.2 Å². The van der Waals surface area contributed by atoms with Crippen molar-refractivity contribution in [2.45, 2.75) is 13.8 Å². The van der Waals surface area contributed by atoms with Crippen LogP contribution in [0, 0.1) is 11.7 Å². The second-order valence-electron chi connectivity index (χ2n) is 4.76. The predicted molar refractivity (Wildman–Crippen MR) is 90.3 cm³/mol. The maximum atomic E-state index is 5.68. The molecular weight excluding hydrogens is 296 g/mol. The Morgan fingerprint density at radius 3 is 2.73 bits per heavy atom. The fourth-order valence-corrected chi connectivity index (χ4v) is 2.54. The molecule has 1 aromatic heterocycles. The number of hydrogen-bond acceptors (Lipinski definition) is 4. The molecule has 0 aliphatic carbocycles. The van der Waals surface area contributed by atoms with Gasteiger partial charge >= 0.3 is 0 Å². The van der Waals surface area contributed by atoms with Gasteiger partial charge in [0.15, 0.2) is 0 Å². The van der Waals surface area contributed by atoms with Crippen molar-refractivity contribution in [3.05, 3.63) is 52.6 Å². The Hall–Kier alpha value is -2.47. The molecule has 1 N–H and O–H groups in total. The molecule has 3 aromatic rings. The fraction of sp³-hybridized carbons (Fsp3) is 0.188. The standard InChI is InChI=1S/C16H16N4OS/c1-3-21-15-9-8-12(13-6-4-5-7-14(13)15)10-17-20-11(2)18-19-16(20)22/h4-10H,3H2,1-2H3,(H,19,22)/b17-10-. The van der Waals surface area contributed by atoms with Gasteiger partial charge in [-0.15, -0.1) is 0 Å². The minimum atomic E-state index is 0.476. The van der Waals surface area contributed by atoms with Gasteiger partial charge in [0.25, 0.3) is 0 Å². The van der Waals surface area contributed by atoms with E-state index in [4.69, 9.17) is 17.0 Å². The van der Waals surface area contributed by atoms with Crippen molar-refractivity contribution in [2.24, 2.45) is 5.10 Å². The lowest BCUT2D eigenvalue weighted by Gasteiger charge is -2.09. The maximum Gasteiger partial charge on any atom is 0.216 e. The highest BCUT2D eigenvalue weighted by molar-refractivity contribution is 7.71. The molecule has 1 heterocycles. The van der Waals surface area contributed by atoms with Crippen molar-refractivity contribution in [3.63, 3.8) is 0 Å². The summed E-state index contributed by atoms with van der Waals surface area (Å²) in [7, 11) is 0. The number of hydrogen-bond donors (Lipinski definition) is 1. The molecule has 0 saturated carbocycles. The Balaban J connectivity index is 2.09.